The molecule has 0 radical (unpaired) electrons. The molecule has 0 spiro atoms. The predicted octanol–water partition coefficient (Wildman–Crippen LogP) is 5.02. The van der Waals surface area contributed by atoms with Gasteiger partial charge in [0.2, 0.25) is 0 Å². The minimum Gasteiger partial charge on any atom is -0.422 e. The molecule has 0 aliphatic rings. The molecule has 3 rings (SSSR count). The van der Waals surface area contributed by atoms with E-state index in [1.165, 1.54) is 18.3 Å². The Labute approximate surface area is 177 Å². The van der Waals surface area contributed by atoms with E-state index in [9.17, 15) is 9.18 Å². The summed E-state index contributed by atoms with van der Waals surface area (Å²) in [6, 6.07) is 19.1. The molecule has 5 nitrogen and oxygen atoms in total. The first kappa shape index (κ1) is 20.4. The van der Waals surface area contributed by atoms with Crippen LogP contribution < -0.4 is 15.5 Å². The van der Waals surface area contributed by atoms with E-state index < -0.39 is 5.97 Å². The predicted molar refractivity (Wildman–Crippen MR) is 116 cm³/mol. The fraction of sp³-hybridized carbons (Fsp3) is 0. The lowest BCUT2D eigenvalue weighted by Gasteiger charge is -2.08. The van der Waals surface area contributed by atoms with E-state index >= 15 is 0 Å². The summed E-state index contributed by atoms with van der Waals surface area (Å²) in [6.07, 6.45) is 1.48. The Hall–Kier alpha value is -3.29. The molecule has 0 saturated heterocycles. The van der Waals surface area contributed by atoms with E-state index in [0.717, 1.165) is 0 Å². The lowest BCUT2D eigenvalue weighted by atomic mass is 10.2. The maximum Gasteiger partial charge on any atom is 0.343 e. The summed E-state index contributed by atoms with van der Waals surface area (Å²) in [4.78, 5) is 12.3. The first-order chi connectivity index (χ1) is 14.0. The number of hydrazone groups is 1. The van der Waals surface area contributed by atoms with Crippen molar-refractivity contribution in [2.24, 2.45) is 5.10 Å². The number of para-hydroxylation sites is 1. The minimum atomic E-state index is -0.510. The van der Waals surface area contributed by atoms with E-state index in [4.69, 9.17) is 28.6 Å². The first-order valence-electron chi connectivity index (χ1n) is 8.44. The second-order valence-electron chi connectivity index (χ2n) is 5.77. The van der Waals surface area contributed by atoms with Crippen LogP contribution in [-0.2, 0) is 0 Å². The van der Waals surface area contributed by atoms with Crippen molar-refractivity contribution in [3.8, 4) is 5.75 Å². The van der Waals surface area contributed by atoms with Crippen LogP contribution in [0.5, 0.6) is 5.75 Å². The van der Waals surface area contributed by atoms with Crippen LogP contribution in [0.3, 0.4) is 0 Å². The molecule has 8 heteroatoms. The zero-order valence-corrected chi connectivity index (χ0v) is 16.5. The maximum atomic E-state index is 12.9. The van der Waals surface area contributed by atoms with E-state index in [2.05, 4.69) is 15.8 Å². The molecule has 2 N–H and O–H groups in total. The van der Waals surface area contributed by atoms with Crippen molar-refractivity contribution in [3.63, 3.8) is 0 Å². The molecule has 0 bridgehead atoms. The van der Waals surface area contributed by atoms with Crippen LogP contribution in [0.1, 0.15) is 15.9 Å². The van der Waals surface area contributed by atoms with Gasteiger partial charge in [0, 0.05) is 16.3 Å². The third-order valence-electron chi connectivity index (χ3n) is 3.67. The average molecular weight is 428 g/mol. The van der Waals surface area contributed by atoms with Crippen molar-refractivity contribution in [2.75, 3.05) is 5.32 Å². The molecule has 146 valence electrons. The van der Waals surface area contributed by atoms with Gasteiger partial charge in [-0.05, 0) is 72.9 Å². The van der Waals surface area contributed by atoms with Crippen molar-refractivity contribution in [3.05, 3.63) is 94.8 Å². The second kappa shape index (κ2) is 9.77. The number of carbonyl (C=O) groups is 1. The highest BCUT2D eigenvalue weighted by molar-refractivity contribution is 7.80. The van der Waals surface area contributed by atoms with Gasteiger partial charge in [0.25, 0.3) is 0 Å². The summed E-state index contributed by atoms with van der Waals surface area (Å²) in [5.41, 5.74) is 4.23. The summed E-state index contributed by atoms with van der Waals surface area (Å²) in [6.45, 7) is 0. The first-order valence-corrected chi connectivity index (χ1v) is 9.22. The van der Waals surface area contributed by atoms with Crippen molar-refractivity contribution in [1.82, 2.24) is 5.43 Å². The number of ether oxygens (including phenoxy) is 1. The molecule has 3 aromatic rings. The molecule has 0 fully saturated rings. The van der Waals surface area contributed by atoms with Gasteiger partial charge < -0.3 is 10.1 Å². The molecule has 0 unspecified atom stereocenters. The van der Waals surface area contributed by atoms with E-state index in [0.29, 0.717) is 27.6 Å². The van der Waals surface area contributed by atoms with Gasteiger partial charge in [-0.15, -0.1) is 0 Å². The molecule has 0 heterocycles. The number of nitrogens with zero attached hydrogens (tertiary/aromatic N) is 1. The van der Waals surface area contributed by atoms with Crippen LogP contribution in [-0.4, -0.2) is 17.3 Å². The second-order valence-corrected chi connectivity index (χ2v) is 6.61. The lowest BCUT2D eigenvalue weighted by Crippen LogP contribution is -2.23. The Balaban J connectivity index is 1.62. The van der Waals surface area contributed by atoms with Gasteiger partial charge in [-0.3, -0.25) is 5.43 Å². The summed E-state index contributed by atoms with van der Waals surface area (Å²) in [7, 11) is 0. The summed E-state index contributed by atoms with van der Waals surface area (Å²) >= 11 is 11.0. The van der Waals surface area contributed by atoms with Crippen LogP contribution in [0, 0.1) is 5.82 Å². The Morgan fingerprint density at radius 2 is 1.72 bits per heavy atom. The van der Waals surface area contributed by atoms with Gasteiger partial charge in [-0.1, -0.05) is 23.7 Å². The number of anilines is 1. The number of benzene rings is 3. The Morgan fingerprint density at radius 3 is 2.45 bits per heavy atom. The molecular formula is C21H15ClFN3O2S. The van der Waals surface area contributed by atoms with Gasteiger partial charge in [-0.2, -0.15) is 5.10 Å². The molecule has 0 saturated carbocycles. The maximum absolute atomic E-state index is 12.9. The SMILES string of the molecule is O=C(Oc1ccccc1/C=N/NC(=S)Nc1ccc(F)cc1)c1ccc(Cl)cc1. The van der Waals surface area contributed by atoms with Gasteiger partial charge in [-0.25, -0.2) is 9.18 Å². The number of hydrogen-bond donors (Lipinski definition) is 2. The van der Waals surface area contributed by atoms with Crippen LogP contribution in [0.15, 0.2) is 77.9 Å². The topological polar surface area (TPSA) is 62.7 Å². The zero-order valence-electron chi connectivity index (χ0n) is 14.9. The Bertz CT molecular complexity index is 1040. The van der Waals surface area contributed by atoms with Gasteiger partial charge in [0.05, 0.1) is 11.8 Å². The monoisotopic (exact) mass is 427 g/mol. The molecule has 0 aromatic heterocycles. The fourth-order valence-electron chi connectivity index (χ4n) is 2.28. The molecule has 0 atom stereocenters. The van der Waals surface area contributed by atoms with E-state index in [1.807, 2.05) is 0 Å². The normalized spacial score (nSPS) is 10.6. The number of carbonyl (C=O) groups excluding carboxylic acids is 1. The fourth-order valence-corrected chi connectivity index (χ4v) is 2.57. The van der Waals surface area contributed by atoms with Crippen LogP contribution in [0.4, 0.5) is 10.1 Å². The number of halogens is 2. The van der Waals surface area contributed by atoms with Crippen molar-refractivity contribution in [1.29, 1.82) is 0 Å². The minimum absolute atomic E-state index is 0.225. The quantitative estimate of drug-likeness (QED) is 0.197. The third kappa shape index (κ3) is 6.10. The van der Waals surface area contributed by atoms with Crippen molar-refractivity contribution >= 4 is 46.8 Å². The summed E-state index contributed by atoms with van der Waals surface area (Å²) in [5, 5.41) is 7.68. The highest BCUT2D eigenvalue weighted by atomic mass is 35.5. The average Bonchev–Trinajstić information content (AvgIpc) is 2.71. The molecule has 0 aliphatic carbocycles. The van der Waals surface area contributed by atoms with Gasteiger partial charge in [0.1, 0.15) is 11.6 Å². The highest BCUT2D eigenvalue weighted by Crippen LogP contribution is 2.18. The lowest BCUT2D eigenvalue weighted by molar-refractivity contribution is 0.0734. The smallest absolute Gasteiger partial charge is 0.343 e. The summed E-state index contributed by atoms with van der Waals surface area (Å²) in [5.74, 6) is -0.503. The van der Waals surface area contributed by atoms with Crippen molar-refractivity contribution < 1.29 is 13.9 Å². The van der Waals surface area contributed by atoms with E-state index in [1.54, 1.807) is 60.7 Å². The van der Waals surface area contributed by atoms with Gasteiger partial charge >= 0.3 is 5.97 Å². The van der Waals surface area contributed by atoms with Gasteiger partial charge in [0.15, 0.2) is 5.11 Å². The summed E-state index contributed by atoms with van der Waals surface area (Å²) < 4.78 is 18.4. The number of hydrogen-bond acceptors (Lipinski definition) is 4. The molecular weight excluding hydrogens is 413 g/mol. The third-order valence-corrected chi connectivity index (χ3v) is 4.12. The number of rotatable bonds is 5. The molecule has 0 aliphatic heterocycles. The molecule has 3 aromatic carbocycles. The Kier molecular flexibility index (Phi) is 6.89. The largest absolute Gasteiger partial charge is 0.422 e. The molecule has 29 heavy (non-hydrogen) atoms. The Morgan fingerprint density at radius 1 is 1.03 bits per heavy atom. The van der Waals surface area contributed by atoms with Crippen LogP contribution in [0.2, 0.25) is 5.02 Å². The van der Waals surface area contributed by atoms with Crippen LogP contribution >= 0.6 is 23.8 Å². The van der Waals surface area contributed by atoms with E-state index in [-0.39, 0.29) is 10.9 Å². The highest BCUT2D eigenvalue weighted by Gasteiger charge is 2.10. The molecule has 0 amide bonds. The standard InChI is InChI=1S/C21H15ClFN3O2S/c22-16-7-5-14(6-8-16)20(27)28-19-4-2-1-3-15(19)13-24-26-21(29)25-18-11-9-17(23)10-12-18/h1-13H,(H2,25,26,29)/b24-13+. The number of thiocarbonyl (C=S) groups is 1. The number of esters is 1. The van der Waals surface area contributed by atoms with Crippen LogP contribution in [0.25, 0.3) is 0 Å². The number of nitrogens with one attached hydrogen (secondary N) is 2. The zero-order chi connectivity index (χ0) is 20.6. The van der Waals surface area contributed by atoms with Crippen molar-refractivity contribution in [2.45, 2.75) is 0 Å².